The van der Waals surface area contributed by atoms with Crippen molar-refractivity contribution in [3.05, 3.63) is 72.3 Å². The lowest BCUT2D eigenvalue weighted by Crippen LogP contribution is -2.13. The van der Waals surface area contributed by atoms with Gasteiger partial charge in [-0.05, 0) is 16.7 Å². The molecule has 3 rings (SSSR count). The van der Waals surface area contributed by atoms with E-state index < -0.39 is 0 Å². The Morgan fingerprint density at radius 3 is 2.30 bits per heavy atom. The topological polar surface area (TPSA) is 53.6 Å². The van der Waals surface area contributed by atoms with Gasteiger partial charge in [0.25, 0.3) is 0 Å². The third-order valence-corrected chi connectivity index (χ3v) is 3.15. The average Bonchev–Trinajstić information content (AvgIpc) is 3.02. The lowest BCUT2D eigenvalue weighted by Gasteiger charge is -2.05. The maximum Gasteiger partial charge on any atom is 0.138 e. The van der Waals surface area contributed by atoms with E-state index in [2.05, 4.69) is 69.0 Å². The number of H-pyrrole nitrogens is 1. The van der Waals surface area contributed by atoms with Crippen LogP contribution < -0.4 is 5.32 Å². The summed E-state index contributed by atoms with van der Waals surface area (Å²) in [5, 5.41) is 9.98. The number of aromatic amines is 1. The van der Waals surface area contributed by atoms with Crippen LogP contribution in [0.2, 0.25) is 0 Å². The van der Waals surface area contributed by atoms with Crippen molar-refractivity contribution in [3.8, 4) is 11.1 Å². The number of rotatable bonds is 5. The normalized spacial score (nSPS) is 10.6. The molecule has 0 spiro atoms. The molecule has 2 aromatic carbocycles. The fourth-order valence-corrected chi connectivity index (χ4v) is 2.09. The molecule has 3 aromatic rings. The lowest BCUT2D eigenvalue weighted by atomic mass is 10.0. The van der Waals surface area contributed by atoms with E-state index in [1.165, 1.54) is 23.0 Å². The number of nitrogens with one attached hydrogen (secondary N) is 2. The molecule has 100 valence electrons. The van der Waals surface area contributed by atoms with Gasteiger partial charge in [-0.3, -0.25) is 5.10 Å². The van der Waals surface area contributed by atoms with E-state index in [0.29, 0.717) is 6.54 Å². The van der Waals surface area contributed by atoms with Crippen LogP contribution in [0.1, 0.15) is 11.4 Å². The van der Waals surface area contributed by atoms with Crippen molar-refractivity contribution >= 4 is 0 Å². The van der Waals surface area contributed by atoms with Crippen LogP contribution in [0.4, 0.5) is 0 Å². The van der Waals surface area contributed by atoms with Gasteiger partial charge in [-0.1, -0.05) is 54.6 Å². The molecule has 20 heavy (non-hydrogen) atoms. The zero-order valence-electron chi connectivity index (χ0n) is 11.1. The first-order chi connectivity index (χ1) is 9.92. The van der Waals surface area contributed by atoms with E-state index in [4.69, 9.17) is 0 Å². The highest BCUT2D eigenvalue weighted by Crippen LogP contribution is 2.19. The molecule has 0 unspecified atom stereocenters. The highest BCUT2D eigenvalue weighted by atomic mass is 15.2. The zero-order valence-corrected chi connectivity index (χ0v) is 11.1. The Morgan fingerprint density at radius 2 is 1.60 bits per heavy atom. The fourth-order valence-electron chi connectivity index (χ4n) is 2.09. The smallest absolute Gasteiger partial charge is 0.138 e. The lowest BCUT2D eigenvalue weighted by molar-refractivity contribution is 0.665. The summed E-state index contributed by atoms with van der Waals surface area (Å²) < 4.78 is 0. The van der Waals surface area contributed by atoms with Gasteiger partial charge in [0.15, 0.2) is 0 Å². The average molecular weight is 264 g/mol. The van der Waals surface area contributed by atoms with Crippen molar-refractivity contribution in [2.45, 2.75) is 13.1 Å². The van der Waals surface area contributed by atoms with Gasteiger partial charge in [0.1, 0.15) is 12.2 Å². The van der Waals surface area contributed by atoms with Crippen LogP contribution in [-0.2, 0) is 13.1 Å². The summed E-state index contributed by atoms with van der Waals surface area (Å²) in [5.74, 6) is 0.853. The summed E-state index contributed by atoms with van der Waals surface area (Å²) >= 11 is 0. The van der Waals surface area contributed by atoms with Crippen molar-refractivity contribution < 1.29 is 0 Å². The molecule has 0 radical (unpaired) electrons. The predicted octanol–water partition coefficient (Wildman–Crippen LogP) is 2.76. The number of hydrogen-bond donors (Lipinski definition) is 2. The second kappa shape index (κ2) is 6.12. The molecule has 4 heteroatoms. The van der Waals surface area contributed by atoms with Gasteiger partial charge in [0.05, 0.1) is 6.54 Å². The minimum atomic E-state index is 0.695. The minimum Gasteiger partial charge on any atom is -0.306 e. The quantitative estimate of drug-likeness (QED) is 0.745. The molecule has 0 aliphatic heterocycles. The molecule has 1 aromatic heterocycles. The standard InChI is InChI=1S/C16H16N4/c1-2-4-14(5-3-1)15-8-6-13(7-9-15)10-17-11-16-18-12-19-20-16/h1-9,12,17H,10-11H2,(H,18,19,20). The second-order valence-electron chi connectivity index (χ2n) is 4.60. The Hall–Kier alpha value is -2.46. The van der Waals surface area contributed by atoms with Gasteiger partial charge < -0.3 is 5.32 Å². The largest absolute Gasteiger partial charge is 0.306 e. The molecule has 0 aliphatic carbocycles. The molecule has 0 fully saturated rings. The highest BCUT2D eigenvalue weighted by Gasteiger charge is 1.98. The van der Waals surface area contributed by atoms with Crippen LogP contribution in [0.3, 0.4) is 0 Å². The molecule has 2 N–H and O–H groups in total. The van der Waals surface area contributed by atoms with Crippen LogP contribution in [-0.4, -0.2) is 15.2 Å². The Kier molecular flexibility index (Phi) is 3.85. The van der Waals surface area contributed by atoms with Crippen LogP contribution in [0.5, 0.6) is 0 Å². The first kappa shape index (κ1) is 12.6. The number of benzene rings is 2. The van der Waals surface area contributed by atoms with Crippen molar-refractivity contribution in [2.75, 3.05) is 0 Å². The maximum atomic E-state index is 4.07. The molecule has 0 bridgehead atoms. The van der Waals surface area contributed by atoms with E-state index in [-0.39, 0.29) is 0 Å². The second-order valence-corrected chi connectivity index (χ2v) is 4.60. The molecule has 1 heterocycles. The summed E-state index contributed by atoms with van der Waals surface area (Å²) in [6, 6.07) is 19.0. The molecule has 0 saturated carbocycles. The summed E-state index contributed by atoms with van der Waals surface area (Å²) in [4.78, 5) is 4.07. The summed E-state index contributed by atoms with van der Waals surface area (Å²) in [6.07, 6.45) is 1.52. The van der Waals surface area contributed by atoms with Gasteiger partial charge >= 0.3 is 0 Å². The molecule has 0 atom stereocenters. The van der Waals surface area contributed by atoms with Gasteiger partial charge in [0, 0.05) is 6.54 Å². The van der Waals surface area contributed by atoms with Gasteiger partial charge in [-0.2, -0.15) is 5.10 Å². The fraction of sp³-hybridized carbons (Fsp3) is 0.125. The Balaban J connectivity index is 1.59. The SMILES string of the molecule is c1ccc(-c2ccc(CNCc3ncn[nH]3)cc2)cc1. The molecule has 0 amide bonds. The maximum absolute atomic E-state index is 4.07. The third-order valence-electron chi connectivity index (χ3n) is 3.15. The van der Waals surface area contributed by atoms with Crippen molar-refractivity contribution in [1.29, 1.82) is 0 Å². The number of aromatic nitrogens is 3. The summed E-state index contributed by atoms with van der Waals surface area (Å²) in [5.41, 5.74) is 3.74. The van der Waals surface area contributed by atoms with E-state index in [0.717, 1.165) is 12.4 Å². The van der Waals surface area contributed by atoms with Crippen molar-refractivity contribution in [2.24, 2.45) is 0 Å². The van der Waals surface area contributed by atoms with Gasteiger partial charge in [-0.15, -0.1) is 0 Å². The van der Waals surface area contributed by atoms with Crippen LogP contribution in [0.15, 0.2) is 60.9 Å². The highest BCUT2D eigenvalue weighted by molar-refractivity contribution is 5.63. The van der Waals surface area contributed by atoms with Crippen molar-refractivity contribution in [3.63, 3.8) is 0 Å². The monoisotopic (exact) mass is 264 g/mol. The Bertz CT molecular complexity index is 630. The van der Waals surface area contributed by atoms with E-state index in [1.807, 2.05) is 6.07 Å². The zero-order chi connectivity index (χ0) is 13.6. The predicted molar refractivity (Wildman–Crippen MR) is 78.8 cm³/mol. The number of nitrogens with zero attached hydrogens (tertiary/aromatic N) is 2. The summed E-state index contributed by atoms with van der Waals surface area (Å²) in [6.45, 7) is 1.51. The van der Waals surface area contributed by atoms with Crippen LogP contribution >= 0.6 is 0 Å². The van der Waals surface area contributed by atoms with E-state index in [9.17, 15) is 0 Å². The molecular formula is C16H16N4. The Morgan fingerprint density at radius 1 is 0.850 bits per heavy atom. The van der Waals surface area contributed by atoms with Gasteiger partial charge in [0.2, 0.25) is 0 Å². The van der Waals surface area contributed by atoms with Crippen molar-refractivity contribution in [1.82, 2.24) is 20.5 Å². The molecule has 4 nitrogen and oxygen atoms in total. The third kappa shape index (κ3) is 3.10. The molecular weight excluding hydrogens is 248 g/mol. The van der Waals surface area contributed by atoms with Crippen LogP contribution in [0, 0.1) is 0 Å². The molecule has 0 saturated heterocycles. The first-order valence-electron chi connectivity index (χ1n) is 6.61. The summed E-state index contributed by atoms with van der Waals surface area (Å²) in [7, 11) is 0. The van der Waals surface area contributed by atoms with E-state index >= 15 is 0 Å². The van der Waals surface area contributed by atoms with Gasteiger partial charge in [-0.25, -0.2) is 4.98 Å². The molecule has 0 aliphatic rings. The minimum absolute atomic E-state index is 0.695. The van der Waals surface area contributed by atoms with E-state index in [1.54, 1.807) is 0 Å². The Labute approximate surface area is 117 Å². The first-order valence-corrected chi connectivity index (χ1v) is 6.61. The van der Waals surface area contributed by atoms with Crippen LogP contribution in [0.25, 0.3) is 11.1 Å². The number of hydrogen-bond acceptors (Lipinski definition) is 3.